The Labute approximate surface area is 84.2 Å². The van der Waals surface area contributed by atoms with Crippen LogP contribution in [0.5, 0.6) is 0 Å². The van der Waals surface area contributed by atoms with Crippen molar-refractivity contribution < 1.29 is 9.90 Å². The summed E-state index contributed by atoms with van der Waals surface area (Å²) in [6, 6.07) is 0.0267. The first-order chi connectivity index (χ1) is 6.61. The lowest BCUT2D eigenvalue weighted by atomic mass is 10.0. The minimum Gasteiger partial charge on any atom is -0.396 e. The van der Waals surface area contributed by atoms with E-state index < -0.39 is 0 Å². The minimum atomic E-state index is -0.216. The van der Waals surface area contributed by atoms with Crippen LogP contribution in [0.1, 0.15) is 20.3 Å². The Balaban J connectivity index is 2.58. The van der Waals surface area contributed by atoms with Crippen LogP contribution in [0.4, 0.5) is 0 Å². The third-order valence-corrected chi connectivity index (χ3v) is 3.22. The number of carbonyl (C=O) groups is 1. The van der Waals surface area contributed by atoms with E-state index in [-0.39, 0.29) is 30.5 Å². The summed E-state index contributed by atoms with van der Waals surface area (Å²) in [5.41, 5.74) is 2.15. The first-order valence-electron chi connectivity index (χ1n) is 4.98. The molecular weight excluding hydrogens is 182 g/mol. The second-order valence-corrected chi connectivity index (χ2v) is 3.89. The van der Waals surface area contributed by atoms with E-state index in [2.05, 4.69) is 10.3 Å². The van der Waals surface area contributed by atoms with Crippen LogP contribution in [-0.2, 0) is 4.79 Å². The highest BCUT2D eigenvalue weighted by atomic mass is 16.3. The van der Waals surface area contributed by atoms with E-state index in [4.69, 9.17) is 10.9 Å². The maximum Gasteiger partial charge on any atom is 0.250 e. The number of carbonyl (C=O) groups excluding carboxylic acids is 1. The van der Waals surface area contributed by atoms with Crippen molar-refractivity contribution in [3.8, 4) is 0 Å². The Kier molecular flexibility index (Phi) is 3.86. The highest BCUT2D eigenvalue weighted by molar-refractivity contribution is 5.80. The van der Waals surface area contributed by atoms with Gasteiger partial charge in [-0.05, 0) is 32.7 Å². The van der Waals surface area contributed by atoms with Gasteiger partial charge in [0.25, 0.3) is 5.91 Å². The van der Waals surface area contributed by atoms with E-state index >= 15 is 0 Å². The number of hydrogen-bond donors (Lipinski definition) is 3. The lowest BCUT2D eigenvalue weighted by molar-refractivity contribution is -0.126. The molecule has 0 aromatic heterocycles. The molecule has 1 aliphatic rings. The van der Waals surface area contributed by atoms with Crippen molar-refractivity contribution in [2.45, 2.75) is 32.4 Å². The van der Waals surface area contributed by atoms with E-state index in [0.717, 1.165) is 13.0 Å². The molecule has 5 heteroatoms. The van der Waals surface area contributed by atoms with Gasteiger partial charge >= 0.3 is 0 Å². The Morgan fingerprint density at radius 3 is 2.86 bits per heavy atom. The number of aliphatic hydroxyl groups excluding tert-OH is 1. The molecule has 0 radical (unpaired) electrons. The number of nitrogens with two attached hydrogens (primary N) is 1. The summed E-state index contributed by atoms with van der Waals surface area (Å²) in [6.45, 7) is 4.91. The van der Waals surface area contributed by atoms with Gasteiger partial charge < -0.3 is 5.11 Å². The molecule has 1 amide bonds. The normalized spacial score (nSPS) is 30.3. The molecule has 1 saturated heterocycles. The number of rotatable bonds is 3. The van der Waals surface area contributed by atoms with Gasteiger partial charge in [0.05, 0.1) is 6.04 Å². The minimum absolute atomic E-state index is 0.171. The third-order valence-electron chi connectivity index (χ3n) is 3.22. The second kappa shape index (κ2) is 4.72. The maximum atomic E-state index is 11.3. The zero-order valence-electron chi connectivity index (χ0n) is 8.73. The summed E-state index contributed by atoms with van der Waals surface area (Å²) in [4.78, 5) is 13.4. The zero-order chi connectivity index (χ0) is 10.7. The van der Waals surface area contributed by atoms with E-state index in [0.29, 0.717) is 0 Å². The number of hydrazine groups is 1. The van der Waals surface area contributed by atoms with Crippen LogP contribution in [0, 0.1) is 5.92 Å². The maximum absolute atomic E-state index is 11.3. The van der Waals surface area contributed by atoms with Crippen LogP contribution in [0.15, 0.2) is 0 Å². The number of nitrogens with one attached hydrogen (secondary N) is 1. The number of amides is 1. The van der Waals surface area contributed by atoms with Crippen LogP contribution < -0.4 is 11.3 Å². The predicted molar refractivity (Wildman–Crippen MR) is 53.2 cm³/mol. The fraction of sp³-hybridized carbons (Fsp3) is 0.889. The monoisotopic (exact) mass is 201 g/mol. The standard InChI is InChI=1S/C9H19N3O2/c1-6-8(5-13)3-4-12(6)7(2)9(14)11-10/h6-8,13H,3-5,10H2,1-2H3,(H,11,14). The molecule has 3 atom stereocenters. The molecule has 82 valence electrons. The van der Waals surface area contributed by atoms with Crippen molar-refractivity contribution in [3.63, 3.8) is 0 Å². The molecule has 1 rings (SSSR count). The molecule has 0 spiro atoms. The summed E-state index contributed by atoms with van der Waals surface area (Å²) in [5.74, 6) is 5.19. The first kappa shape index (κ1) is 11.4. The van der Waals surface area contributed by atoms with E-state index in [1.165, 1.54) is 0 Å². The smallest absolute Gasteiger partial charge is 0.250 e. The number of nitrogens with zero attached hydrogens (tertiary/aromatic N) is 1. The highest BCUT2D eigenvalue weighted by Gasteiger charge is 2.35. The molecule has 1 aliphatic heterocycles. The van der Waals surface area contributed by atoms with Crippen LogP contribution in [0.25, 0.3) is 0 Å². The van der Waals surface area contributed by atoms with Gasteiger partial charge in [0, 0.05) is 12.6 Å². The molecule has 1 fully saturated rings. The molecular formula is C9H19N3O2. The first-order valence-corrected chi connectivity index (χ1v) is 4.98. The molecule has 3 unspecified atom stereocenters. The average Bonchev–Trinajstić information content (AvgIpc) is 2.57. The summed E-state index contributed by atoms with van der Waals surface area (Å²) < 4.78 is 0. The molecule has 0 bridgehead atoms. The lowest BCUT2D eigenvalue weighted by Gasteiger charge is -2.28. The molecule has 0 aromatic rings. The second-order valence-electron chi connectivity index (χ2n) is 3.89. The molecule has 14 heavy (non-hydrogen) atoms. The van der Waals surface area contributed by atoms with Gasteiger partial charge in [-0.1, -0.05) is 0 Å². The molecule has 4 N–H and O–H groups in total. The Hall–Kier alpha value is -0.650. The number of hydrogen-bond acceptors (Lipinski definition) is 4. The summed E-state index contributed by atoms with van der Waals surface area (Å²) in [5, 5.41) is 9.08. The highest BCUT2D eigenvalue weighted by Crippen LogP contribution is 2.25. The van der Waals surface area contributed by atoms with Crippen molar-refractivity contribution in [2.75, 3.05) is 13.2 Å². The summed E-state index contributed by atoms with van der Waals surface area (Å²) in [7, 11) is 0. The fourth-order valence-corrected chi connectivity index (χ4v) is 2.09. The Morgan fingerprint density at radius 1 is 1.79 bits per heavy atom. The molecule has 1 heterocycles. The van der Waals surface area contributed by atoms with Gasteiger partial charge in [-0.15, -0.1) is 0 Å². The average molecular weight is 201 g/mol. The van der Waals surface area contributed by atoms with Gasteiger partial charge in [-0.3, -0.25) is 15.1 Å². The van der Waals surface area contributed by atoms with Crippen molar-refractivity contribution in [2.24, 2.45) is 11.8 Å². The predicted octanol–water partition coefficient (Wildman–Crippen LogP) is -0.932. The molecule has 0 aliphatic carbocycles. The fourth-order valence-electron chi connectivity index (χ4n) is 2.09. The van der Waals surface area contributed by atoms with Gasteiger partial charge in [-0.25, -0.2) is 5.84 Å². The van der Waals surface area contributed by atoms with E-state index in [1.54, 1.807) is 0 Å². The van der Waals surface area contributed by atoms with Crippen molar-refractivity contribution >= 4 is 5.91 Å². The van der Waals surface area contributed by atoms with Crippen LogP contribution in [0.2, 0.25) is 0 Å². The largest absolute Gasteiger partial charge is 0.396 e. The Morgan fingerprint density at radius 2 is 2.43 bits per heavy atom. The van der Waals surface area contributed by atoms with Crippen molar-refractivity contribution in [1.82, 2.24) is 10.3 Å². The van der Waals surface area contributed by atoms with Crippen LogP contribution in [-0.4, -0.2) is 41.1 Å². The van der Waals surface area contributed by atoms with Gasteiger partial charge in [0.1, 0.15) is 0 Å². The lowest BCUT2D eigenvalue weighted by Crippen LogP contribution is -2.49. The SMILES string of the molecule is CC(C(=O)NN)N1CCC(CO)C1C. The summed E-state index contributed by atoms with van der Waals surface area (Å²) in [6.07, 6.45) is 0.944. The number of likely N-dealkylation sites (tertiary alicyclic amines) is 1. The van der Waals surface area contributed by atoms with Crippen molar-refractivity contribution in [3.05, 3.63) is 0 Å². The van der Waals surface area contributed by atoms with E-state index in [1.807, 2.05) is 13.8 Å². The summed E-state index contributed by atoms with van der Waals surface area (Å²) >= 11 is 0. The van der Waals surface area contributed by atoms with Crippen LogP contribution in [0.3, 0.4) is 0 Å². The van der Waals surface area contributed by atoms with Crippen LogP contribution >= 0.6 is 0 Å². The van der Waals surface area contributed by atoms with Gasteiger partial charge in [0.2, 0.25) is 0 Å². The third kappa shape index (κ3) is 2.05. The van der Waals surface area contributed by atoms with Gasteiger partial charge in [0.15, 0.2) is 0 Å². The van der Waals surface area contributed by atoms with E-state index in [9.17, 15) is 4.79 Å². The molecule has 5 nitrogen and oxygen atoms in total. The quantitative estimate of drug-likeness (QED) is 0.313. The zero-order valence-corrected chi connectivity index (χ0v) is 8.73. The van der Waals surface area contributed by atoms with Crippen molar-refractivity contribution in [1.29, 1.82) is 0 Å². The molecule has 0 saturated carbocycles. The Bertz CT molecular complexity index is 210. The number of aliphatic hydroxyl groups is 1. The topological polar surface area (TPSA) is 78.6 Å². The van der Waals surface area contributed by atoms with Gasteiger partial charge in [-0.2, -0.15) is 0 Å². The molecule has 0 aromatic carbocycles.